The van der Waals surface area contributed by atoms with Crippen molar-refractivity contribution in [1.82, 2.24) is 0 Å². The zero-order valence-electron chi connectivity index (χ0n) is 8.58. The molecule has 1 aromatic rings. The molecule has 0 saturated carbocycles. The second-order valence-electron chi connectivity index (χ2n) is 3.10. The molecular weight excluding hydrogens is 221 g/mol. The van der Waals surface area contributed by atoms with Crippen molar-refractivity contribution in [3.8, 4) is 0 Å². The molecular formula is C10H11F3N2O. The molecule has 0 heterocycles. The van der Waals surface area contributed by atoms with E-state index in [0.29, 0.717) is 0 Å². The SMILES string of the molecule is CCN(C(N)=O)c1ccccc1C(F)(F)F. The number of benzene rings is 1. The molecule has 1 aromatic carbocycles. The predicted molar refractivity (Wildman–Crippen MR) is 54.0 cm³/mol. The number of halogens is 3. The first-order valence-corrected chi connectivity index (χ1v) is 4.61. The Kier molecular flexibility index (Phi) is 3.41. The van der Waals surface area contributed by atoms with Gasteiger partial charge in [0.15, 0.2) is 0 Å². The number of nitrogens with zero attached hydrogens (tertiary/aromatic N) is 1. The monoisotopic (exact) mass is 232 g/mol. The number of alkyl halides is 3. The van der Waals surface area contributed by atoms with Crippen molar-refractivity contribution in [3.63, 3.8) is 0 Å². The first kappa shape index (κ1) is 12.4. The zero-order valence-corrected chi connectivity index (χ0v) is 8.58. The number of hydrogen-bond donors (Lipinski definition) is 1. The third-order valence-corrected chi connectivity index (χ3v) is 2.08. The van der Waals surface area contributed by atoms with Crippen LogP contribution >= 0.6 is 0 Å². The Labute approximate surface area is 90.6 Å². The van der Waals surface area contributed by atoms with Crippen molar-refractivity contribution >= 4 is 11.7 Å². The lowest BCUT2D eigenvalue weighted by Gasteiger charge is -2.22. The first-order chi connectivity index (χ1) is 7.38. The predicted octanol–water partition coefficient (Wildman–Crippen LogP) is 2.61. The number of rotatable bonds is 2. The molecule has 3 nitrogen and oxygen atoms in total. The van der Waals surface area contributed by atoms with Gasteiger partial charge in [0, 0.05) is 6.54 Å². The molecule has 2 amide bonds. The van der Waals surface area contributed by atoms with Gasteiger partial charge in [-0.1, -0.05) is 12.1 Å². The van der Waals surface area contributed by atoms with E-state index >= 15 is 0 Å². The quantitative estimate of drug-likeness (QED) is 0.837. The van der Waals surface area contributed by atoms with Crippen molar-refractivity contribution in [1.29, 1.82) is 0 Å². The van der Waals surface area contributed by atoms with Crippen LogP contribution in [0, 0.1) is 0 Å². The maximum atomic E-state index is 12.6. The molecule has 6 heteroatoms. The summed E-state index contributed by atoms with van der Waals surface area (Å²) in [5.74, 6) is 0. The van der Waals surface area contributed by atoms with E-state index in [0.717, 1.165) is 11.0 Å². The van der Waals surface area contributed by atoms with Gasteiger partial charge in [-0.15, -0.1) is 0 Å². The largest absolute Gasteiger partial charge is 0.418 e. The number of carbonyl (C=O) groups excluding carboxylic acids is 1. The molecule has 1 rings (SSSR count). The van der Waals surface area contributed by atoms with Crippen molar-refractivity contribution in [2.75, 3.05) is 11.4 Å². The molecule has 0 saturated heterocycles. The average molecular weight is 232 g/mol. The third kappa shape index (κ3) is 2.44. The summed E-state index contributed by atoms with van der Waals surface area (Å²) in [5, 5.41) is 0. The Morgan fingerprint density at radius 3 is 2.38 bits per heavy atom. The van der Waals surface area contributed by atoms with Crippen molar-refractivity contribution < 1.29 is 18.0 Å². The molecule has 0 unspecified atom stereocenters. The highest BCUT2D eigenvalue weighted by Gasteiger charge is 2.35. The number of carbonyl (C=O) groups is 1. The standard InChI is InChI=1S/C10H11F3N2O/c1-2-15(9(14)16)8-6-4-3-5-7(8)10(11,12)13/h3-6H,2H2,1H3,(H2,14,16). The summed E-state index contributed by atoms with van der Waals surface area (Å²) in [5.41, 5.74) is 3.93. The number of amides is 2. The second-order valence-corrected chi connectivity index (χ2v) is 3.10. The van der Waals surface area contributed by atoms with E-state index in [1.807, 2.05) is 0 Å². The highest BCUT2D eigenvalue weighted by atomic mass is 19.4. The van der Waals surface area contributed by atoms with Crippen LogP contribution in [0.2, 0.25) is 0 Å². The lowest BCUT2D eigenvalue weighted by Crippen LogP contribution is -2.36. The van der Waals surface area contributed by atoms with Crippen LogP contribution in [0.5, 0.6) is 0 Å². The van der Waals surface area contributed by atoms with Crippen LogP contribution in [-0.2, 0) is 6.18 Å². The van der Waals surface area contributed by atoms with Gasteiger partial charge >= 0.3 is 12.2 Å². The molecule has 0 spiro atoms. The molecule has 0 fully saturated rings. The molecule has 0 aliphatic heterocycles. The van der Waals surface area contributed by atoms with Crippen LogP contribution in [-0.4, -0.2) is 12.6 Å². The van der Waals surface area contributed by atoms with E-state index in [4.69, 9.17) is 5.73 Å². The normalized spacial score (nSPS) is 11.2. The van der Waals surface area contributed by atoms with Crippen LogP contribution in [0.4, 0.5) is 23.7 Å². The molecule has 2 N–H and O–H groups in total. The fraction of sp³-hybridized carbons (Fsp3) is 0.300. The van der Waals surface area contributed by atoms with Gasteiger partial charge in [0.25, 0.3) is 0 Å². The number of nitrogens with two attached hydrogens (primary N) is 1. The van der Waals surface area contributed by atoms with Crippen molar-refractivity contribution in [2.45, 2.75) is 13.1 Å². The lowest BCUT2D eigenvalue weighted by atomic mass is 10.1. The second kappa shape index (κ2) is 4.42. The highest BCUT2D eigenvalue weighted by Crippen LogP contribution is 2.36. The molecule has 0 atom stereocenters. The Morgan fingerprint density at radius 1 is 1.38 bits per heavy atom. The number of anilines is 1. The first-order valence-electron chi connectivity index (χ1n) is 4.61. The minimum Gasteiger partial charge on any atom is -0.351 e. The molecule has 0 radical (unpaired) electrons. The van der Waals surface area contributed by atoms with Gasteiger partial charge in [0.1, 0.15) is 0 Å². The molecule has 0 aromatic heterocycles. The maximum absolute atomic E-state index is 12.6. The minimum atomic E-state index is -4.50. The van der Waals surface area contributed by atoms with Crippen LogP contribution in [0.3, 0.4) is 0 Å². The topological polar surface area (TPSA) is 46.3 Å². The number of primary amides is 1. The Bertz CT molecular complexity index is 390. The zero-order chi connectivity index (χ0) is 12.3. The number of para-hydroxylation sites is 1. The van der Waals surface area contributed by atoms with Crippen LogP contribution < -0.4 is 10.6 Å². The third-order valence-electron chi connectivity index (χ3n) is 2.08. The van der Waals surface area contributed by atoms with Gasteiger partial charge < -0.3 is 5.73 Å². The van der Waals surface area contributed by atoms with E-state index in [1.54, 1.807) is 6.92 Å². The van der Waals surface area contributed by atoms with E-state index in [2.05, 4.69) is 0 Å². The summed E-state index contributed by atoms with van der Waals surface area (Å²) in [6.07, 6.45) is -4.50. The van der Waals surface area contributed by atoms with E-state index < -0.39 is 17.8 Å². The van der Waals surface area contributed by atoms with Crippen molar-refractivity contribution in [3.05, 3.63) is 29.8 Å². The summed E-state index contributed by atoms with van der Waals surface area (Å²) in [7, 11) is 0. The Hall–Kier alpha value is -1.72. The highest BCUT2D eigenvalue weighted by molar-refractivity contribution is 5.91. The van der Waals surface area contributed by atoms with Gasteiger partial charge in [0.2, 0.25) is 0 Å². The van der Waals surface area contributed by atoms with E-state index in [9.17, 15) is 18.0 Å². The van der Waals surface area contributed by atoms with Gasteiger partial charge in [-0.3, -0.25) is 4.90 Å². The molecule has 88 valence electrons. The fourth-order valence-corrected chi connectivity index (χ4v) is 1.39. The van der Waals surface area contributed by atoms with Gasteiger partial charge in [-0.25, -0.2) is 4.79 Å². The minimum absolute atomic E-state index is 0.0857. The summed E-state index contributed by atoms with van der Waals surface area (Å²) < 4.78 is 37.9. The number of hydrogen-bond acceptors (Lipinski definition) is 1. The van der Waals surface area contributed by atoms with Crippen LogP contribution in [0.1, 0.15) is 12.5 Å². The fourth-order valence-electron chi connectivity index (χ4n) is 1.39. The Morgan fingerprint density at radius 2 is 1.94 bits per heavy atom. The van der Waals surface area contributed by atoms with Gasteiger partial charge in [-0.2, -0.15) is 13.2 Å². The van der Waals surface area contributed by atoms with Gasteiger partial charge in [0.05, 0.1) is 11.3 Å². The molecule has 0 bridgehead atoms. The summed E-state index contributed by atoms with van der Waals surface area (Å²) >= 11 is 0. The summed E-state index contributed by atoms with van der Waals surface area (Å²) in [6, 6.07) is 3.93. The van der Waals surface area contributed by atoms with Crippen LogP contribution in [0.25, 0.3) is 0 Å². The van der Waals surface area contributed by atoms with E-state index in [1.165, 1.54) is 18.2 Å². The lowest BCUT2D eigenvalue weighted by molar-refractivity contribution is -0.137. The van der Waals surface area contributed by atoms with Crippen LogP contribution in [0.15, 0.2) is 24.3 Å². The Balaban J connectivity index is 3.27. The summed E-state index contributed by atoms with van der Waals surface area (Å²) in [4.78, 5) is 11.9. The molecule has 0 aliphatic rings. The number of urea groups is 1. The summed E-state index contributed by atoms with van der Waals surface area (Å²) in [6.45, 7) is 1.64. The maximum Gasteiger partial charge on any atom is 0.418 e. The smallest absolute Gasteiger partial charge is 0.351 e. The van der Waals surface area contributed by atoms with Gasteiger partial charge in [-0.05, 0) is 19.1 Å². The van der Waals surface area contributed by atoms with E-state index in [-0.39, 0.29) is 12.2 Å². The molecule has 16 heavy (non-hydrogen) atoms. The average Bonchev–Trinajstić information content (AvgIpc) is 2.17. The molecule has 0 aliphatic carbocycles. The van der Waals surface area contributed by atoms with Crippen molar-refractivity contribution in [2.24, 2.45) is 5.73 Å².